The number of amides is 1. The van der Waals surface area contributed by atoms with Crippen molar-refractivity contribution in [2.45, 2.75) is 33.6 Å². The predicted molar refractivity (Wildman–Crippen MR) is 136 cm³/mol. The molecule has 0 atom stereocenters. The number of halogens is 1. The summed E-state index contributed by atoms with van der Waals surface area (Å²) in [4.78, 5) is 29.1. The SMILES string of the molecule is CCN1CCN(c2ccc(NC(=O)COC(=O)COc3cc(C)c(Cl)cc3C(C)C)cc2)CC1. The monoisotopic (exact) mass is 487 g/mol. The lowest BCUT2D eigenvalue weighted by molar-refractivity contribution is -0.149. The maximum Gasteiger partial charge on any atom is 0.344 e. The molecule has 0 saturated carbocycles. The number of esters is 1. The van der Waals surface area contributed by atoms with E-state index in [0.717, 1.165) is 49.5 Å². The molecular weight excluding hydrogens is 454 g/mol. The van der Waals surface area contributed by atoms with Crippen LogP contribution in [0.1, 0.15) is 37.8 Å². The van der Waals surface area contributed by atoms with E-state index in [0.29, 0.717) is 16.5 Å². The van der Waals surface area contributed by atoms with E-state index in [4.69, 9.17) is 21.1 Å². The van der Waals surface area contributed by atoms with Crippen LogP contribution in [0.2, 0.25) is 5.02 Å². The Morgan fingerprint density at radius 2 is 1.74 bits per heavy atom. The maximum atomic E-state index is 12.2. The van der Waals surface area contributed by atoms with Crippen LogP contribution in [-0.4, -0.2) is 62.7 Å². The number of carbonyl (C=O) groups excluding carboxylic acids is 2. The van der Waals surface area contributed by atoms with Crippen molar-refractivity contribution in [3.05, 3.63) is 52.5 Å². The first kappa shape index (κ1) is 25.8. The molecule has 3 rings (SSSR count). The molecule has 0 aliphatic carbocycles. The minimum atomic E-state index is -0.612. The highest BCUT2D eigenvalue weighted by Crippen LogP contribution is 2.32. The molecule has 1 N–H and O–H groups in total. The molecule has 1 aliphatic rings. The Labute approximate surface area is 207 Å². The van der Waals surface area contributed by atoms with E-state index >= 15 is 0 Å². The first-order chi connectivity index (χ1) is 16.3. The number of likely N-dealkylation sites (N-methyl/N-ethyl adjacent to an activating group) is 1. The number of carbonyl (C=O) groups is 2. The van der Waals surface area contributed by atoms with Crippen molar-refractivity contribution in [2.75, 3.05) is 56.2 Å². The van der Waals surface area contributed by atoms with Crippen LogP contribution in [-0.2, 0) is 14.3 Å². The number of nitrogens with one attached hydrogen (secondary N) is 1. The number of piperazine rings is 1. The van der Waals surface area contributed by atoms with Crippen molar-refractivity contribution >= 4 is 34.9 Å². The van der Waals surface area contributed by atoms with Gasteiger partial charge in [-0.2, -0.15) is 0 Å². The van der Waals surface area contributed by atoms with Gasteiger partial charge in [0.05, 0.1) is 0 Å². The number of anilines is 2. The van der Waals surface area contributed by atoms with E-state index in [9.17, 15) is 9.59 Å². The Balaban J connectivity index is 1.44. The highest BCUT2D eigenvalue weighted by molar-refractivity contribution is 6.31. The lowest BCUT2D eigenvalue weighted by Crippen LogP contribution is -2.46. The molecule has 1 fully saturated rings. The third-order valence-electron chi connectivity index (χ3n) is 5.96. The number of rotatable bonds is 9. The van der Waals surface area contributed by atoms with Crippen molar-refractivity contribution in [1.82, 2.24) is 4.90 Å². The highest BCUT2D eigenvalue weighted by atomic mass is 35.5. The van der Waals surface area contributed by atoms with Crippen molar-refractivity contribution in [2.24, 2.45) is 0 Å². The summed E-state index contributed by atoms with van der Waals surface area (Å²) in [7, 11) is 0. The summed E-state index contributed by atoms with van der Waals surface area (Å²) in [5.74, 6) is -0.237. The molecular formula is C26H34ClN3O4. The third-order valence-corrected chi connectivity index (χ3v) is 6.37. The van der Waals surface area contributed by atoms with Crippen LogP contribution >= 0.6 is 11.6 Å². The topological polar surface area (TPSA) is 71.1 Å². The van der Waals surface area contributed by atoms with Gasteiger partial charge in [0.2, 0.25) is 0 Å². The number of ether oxygens (including phenoxy) is 2. The fourth-order valence-electron chi connectivity index (χ4n) is 3.85. The van der Waals surface area contributed by atoms with Gasteiger partial charge in [-0.25, -0.2) is 4.79 Å². The minimum absolute atomic E-state index is 0.183. The van der Waals surface area contributed by atoms with Crippen LogP contribution in [0, 0.1) is 6.92 Å². The molecule has 1 amide bonds. The summed E-state index contributed by atoms with van der Waals surface area (Å²) in [6.45, 7) is 12.6. The average molecular weight is 488 g/mol. The summed E-state index contributed by atoms with van der Waals surface area (Å²) >= 11 is 6.21. The minimum Gasteiger partial charge on any atom is -0.482 e. The Morgan fingerprint density at radius 3 is 2.35 bits per heavy atom. The molecule has 184 valence electrons. The number of nitrogens with zero attached hydrogens (tertiary/aromatic N) is 2. The van der Waals surface area contributed by atoms with Gasteiger partial charge in [-0.05, 0) is 66.9 Å². The van der Waals surface area contributed by atoms with Crippen LogP contribution in [0.3, 0.4) is 0 Å². The predicted octanol–water partition coefficient (Wildman–Crippen LogP) is 4.47. The Bertz CT molecular complexity index is 986. The van der Waals surface area contributed by atoms with Gasteiger partial charge in [0.25, 0.3) is 5.91 Å². The van der Waals surface area contributed by atoms with E-state index in [1.807, 2.05) is 57.2 Å². The molecule has 1 saturated heterocycles. The second-order valence-corrected chi connectivity index (χ2v) is 9.17. The first-order valence-electron chi connectivity index (χ1n) is 11.7. The van der Waals surface area contributed by atoms with Gasteiger partial charge in [0.1, 0.15) is 5.75 Å². The van der Waals surface area contributed by atoms with E-state index in [-0.39, 0.29) is 19.1 Å². The van der Waals surface area contributed by atoms with Crippen LogP contribution in [0.25, 0.3) is 0 Å². The molecule has 2 aromatic rings. The second kappa shape index (κ2) is 12.1. The number of aryl methyl sites for hydroxylation is 1. The first-order valence-corrected chi connectivity index (χ1v) is 12.1. The number of benzene rings is 2. The number of hydrogen-bond acceptors (Lipinski definition) is 6. The standard InChI is InChI=1S/C26H34ClN3O4/c1-5-29-10-12-30(13-11-29)21-8-6-20(7-9-21)28-25(31)16-34-26(32)17-33-24-14-19(4)23(27)15-22(24)18(2)3/h6-9,14-15,18H,5,10-13,16-17H2,1-4H3,(H,28,31). The molecule has 8 heteroatoms. The molecule has 0 unspecified atom stereocenters. The summed E-state index contributed by atoms with van der Waals surface area (Å²) < 4.78 is 10.7. The van der Waals surface area contributed by atoms with Gasteiger partial charge in [-0.3, -0.25) is 4.79 Å². The largest absolute Gasteiger partial charge is 0.482 e. The molecule has 0 aromatic heterocycles. The second-order valence-electron chi connectivity index (χ2n) is 8.76. The summed E-state index contributed by atoms with van der Waals surface area (Å²) in [5.41, 5.74) is 3.57. The zero-order chi connectivity index (χ0) is 24.7. The zero-order valence-corrected chi connectivity index (χ0v) is 21.2. The van der Waals surface area contributed by atoms with E-state index in [1.165, 1.54) is 0 Å². The van der Waals surface area contributed by atoms with Gasteiger partial charge < -0.3 is 24.6 Å². The maximum absolute atomic E-state index is 12.2. The average Bonchev–Trinajstić information content (AvgIpc) is 2.83. The molecule has 0 bridgehead atoms. The molecule has 0 spiro atoms. The summed E-state index contributed by atoms with van der Waals surface area (Å²) in [5, 5.41) is 3.41. The fraction of sp³-hybridized carbons (Fsp3) is 0.462. The van der Waals surface area contributed by atoms with Crippen LogP contribution in [0.4, 0.5) is 11.4 Å². The molecule has 34 heavy (non-hydrogen) atoms. The number of hydrogen-bond donors (Lipinski definition) is 1. The van der Waals surface area contributed by atoms with Crippen LogP contribution in [0.15, 0.2) is 36.4 Å². The van der Waals surface area contributed by atoms with Crippen molar-refractivity contribution in [3.8, 4) is 5.75 Å². The quantitative estimate of drug-likeness (QED) is 0.526. The lowest BCUT2D eigenvalue weighted by atomic mass is 10.0. The van der Waals surface area contributed by atoms with E-state index in [2.05, 4.69) is 22.0 Å². The molecule has 1 heterocycles. The van der Waals surface area contributed by atoms with Crippen LogP contribution < -0.4 is 15.0 Å². The van der Waals surface area contributed by atoms with Gasteiger partial charge in [-0.1, -0.05) is 32.4 Å². The molecule has 0 radical (unpaired) electrons. The van der Waals surface area contributed by atoms with Gasteiger partial charge >= 0.3 is 5.97 Å². The van der Waals surface area contributed by atoms with Gasteiger partial charge in [0.15, 0.2) is 13.2 Å². The van der Waals surface area contributed by atoms with Gasteiger partial charge in [0, 0.05) is 42.6 Å². The fourth-order valence-corrected chi connectivity index (χ4v) is 4.02. The Morgan fingerprint density at radius 1 is 1.06 bits per heavy atom. The Kier molecular flexibility index (Phi) is 9.19. The van der Waals surface area contributed by atoms with E-state index in [1.54, 1.807) is 0 Å². The summed E-state index contributed by atoms with van der Waals surface area (Å²) in [6, 6.07) is 11.4. The smallest absolute Gasteiger partial charge is 0.344 e. The third kappa shape index (κ3) is 7.11. The van der Waals surface area contributed by atoms with Crippen molar-refractivity contribution in [1.29, 1.82) is 0 Å². The Hall–Kier alpha value is -2.77. The van der Waals surface area contributed by atoms with E-state index < -0.39 is 11.9 Å². The molecule has 7 nitrogen and oxygen atoms in total. The lowest BCUT2D eigenvalue weighted by Gasteiger charge is -2.35. The zero-order valence-electron chi connectivity index (χ0n) is 20.4. The van der Waals surface area contributed by atoms with Crippen molar-refractivity contribution in [3.63, 3.8) is 0 Å². The molecule has 1 aliphatic heterocycles. The van der Waals surface area contributed by atoms with Crippen LogP contribution in [0.5, 0.6) is 5.75 Å². The van der Waals surface area contributed by atoms with Gasteiger partial charge in [-0.15, -0.1) is 0 Å². The van der Waals surface area contributed by atoms with Crippen molar-refractivity contribution < 1.29 is 19.1 Å². The summed E-state index contributed by atoms with van der Waals surface area (Å²) in [6.07, 6.45) is 0. The normalized spacial score (nSPS) is 14.2. The molecule has 2 aromatic carbocycles. The highest BCUT2D eigenvalue weighted by Gasteiger charge is 2.16.